The molecule has 1 amide bonds. The molecule has 1 aromatic heterocycles. The van der Waals surface area contributed by atoms with Crippen LogP contribution in [0.5, 0.6) is 0 Å². The van der Waals surface area contributed by atoms with Crippen molar-refractivity contribution < 1.29 is 27.5 Å². The van der Waals surface area contributed by atoms with Crippen LogP contribution in [-0.4, -0.2) is 39.6 Å². The summed E-state index contributed by atoms with van der Waals surface area (Å²) in [5.41, 5.74) is -0.108. The van der Waals surface area contributed by atoms with Gasteiger partial charge in [-0.3, -0.25) is 9.59 Å². The number of aryl methyl sites for hydroxylation is 1. The van der Waals surface area contributed by atoms with Gasteiger partial charge in [0.15, 0.2) is 6.10 Å². The van der Waals surface area contributed by atoms with Gasteiger partial charge in [-0.05, 0) is 31.2 Å². The number of nitrogens with zero attached hydrogens (tertiary/aromatic N) is 2. The molecule has 1 unspecified atom stereocenters. The molecule has 2 N–H and O–H groups in total. The zero-order valence-corrected chi connectivity index (χ0v) is 16.1. The van der Waals surface area contributed by atoms with Crippen LogP contribution in [0.25, 0.3) is 16.9 Å². The molecule has 0 radical (unpaired) electrons. The van der Waals surface area contributed by atoms with E-state index in [0.29, 0.717) is 5.56 Å². The second kappa shape index (κ2) is 9.09. The Hall–Kier alpha value is -3.53. The van der Waals surface area contributed by atoms with E-state index in [1.807, 2.05) is 6.92 Å². The van der Waals surface area contributed by atoms with Crippen molar-refractivity contribution in [2.45, 2.75) is 25.7 Å². The first-order chi connectivity index (χ1) is 14.7. The zero-order chi connectivity index (χ0) is 22.7. The number of carbonyl (C=O) groups excluding carboxylic acids is 1. The molecule has 0 aliphatic rings. The Bertz CT molecular complexity index is 1150. The fraction of sp³-hybridized carbons (Fsp3) is 0.190. The number of hydrogen-bond acceptors (Lipinski definition) is 4. The lowest BCUT2D eigenvalue weighted by Crippen LogP contribution is -2.45. The van der Waals surface area contributed by atoms with E-state index < -0.39 is 41.7 Å². The number of rotatable bonds is 6. The van der Waals surface area contributed by atoms with Crippen molar-refractivity contribution in [2.75, 3.05) is 0 Å². The molecule has 2 aromatic carbocycles. The summed E-state index contributed by atoms with van der Waals surface area (Å²) in [4.78, 5) is 25.3. The third-order valence-electron chi connectivity index (χ3n) is 4.38. The average molecular weight is 435 g/mol. The van der Waals surface area contributed by atoms with Crippen LogP contribution >= 0.6 is 0 Å². The van der Waals surface area contributed by atoms with E-state index in [-0.39, 0.29) is 11.4 Å². The van der Waals surface area contributed by atoms with E-state index in [9.17, 15) is 27.2 Å². The monoisotopic (exact) mass is 435 g/mol. The molecule has 1 heterocycles. The van der Waals surface area contributed by atoms with Gasteiger partial charge in [0.25, 0.3) is 17.9 Å². The molecule has 162 valence electrons. The topological polar surface area (TPSA) is 84.2 Å². The summed E-state index contributed by atoms with van der Waals surface area (Å²) in [7, 11) is 0. The van der Waals surface area contributed by atoms with Crippen molar-refractivity contribution in [3.05, 3.63) is 81.9 Å². The predicted molar refractivity (Wildman–Crippen MR) is 104 cm³/mol. The Balaban J connectivity index is 2.12. The molecule has 10 heteroatoms. The maximum atomic E-state index is 13.8. The van der Waals surface area contributed by atoms with Crippen LogP contribution in [-0.2, 0) is 0 Å². The van der Waals surface area contributed by atoms with Crippen LogP contribution in [0.3, 0.4) is 0 Å². The van der Waals surface area contributed by atoms with E-state index in [2.05, 4.69) is 5.10 Å². The minimum absolute atomic E-state index is 0.00238. The summed E-state index contributed by atoms with van der Waals surface area (Å²) in [5, 5.41) is 14.8. The summed E-state index contributed by atoms with van der Waals surface area (Å²) >= 11 is 0. The highest BCUT2D eigenvalue weighted by Crippen LogP contribution is 2.19. The van der Waals surface area contributed by atoms with Crippen molar-refractivity contribution in [3.8, 4) is 16.9 Å². The van der Waals surface area contributed by atoms with Gasteiger partial charge in [-0.25, -0.2) is 17.6 Å². The highest BCUT2D eigenvalue weighted by atomic mass is 19.3. The lowest BCUT2D eigenvalue weighted by atomic mass is 10.1. The molecule has 6 nitrogen and oxygen atoms in total. The largest absolute Gasteiger partial charge is 0.382 e. The van der Waals surface area contributed by atoms with E-state index >= 15 is 0 Å². The van der Waals surface area contributed by atoms with Gasteiger partial charge in [0.05, 0.1) is 11.4 Å². The second-order valence-electron chi connectivity index (χ2n) is 6.71. The summed E-state index contributed by atoms with van der Waals surface area (Å²) in [6.07, 6.45) is -9.03. The van der Waals surface area contributed by atoms with Crippen LogP contribution in [0.4, 0.5) is 17.6 Å². The Morgan fingerprint density at radius 2 is 1.77 bits per heavy atom. The highest BCUT2D eigenvalue weighted by Gasteiger charge is 2.30. The minimum Gasteiger partial charge on any atom is -0.382 e. The normalized spacial score (nSPS) is 13.1. The Morgan fingerprint density at radius 3 is 2.39 bits per heavy atom. The number of amides is 1. The number of nitrogens with one attached hydrogen (secondary N) is 1. The molecule has 3 rings (SSSR count). The summed E-state index contributed by atoms with van der Waals surface area (Å²) in [6, 6.07) is 12.8. The molecule has 3 aromatic rings. The van der Waals surface area contributed by atoms with Crippen LogP contribution in [0.15, 0.2) is 59.4 Å². The molecule has 0 aliphatic heterocycles. The first-order valence-electron chi connectivity index (χ1n) is 9.06. The summed E-state index contributed by atoms with van der Waals surface area (Å²) in [5.74, 6) is -2.00. The maximum Gasteiger partial charge on any atom is 0.284 e. The van der Waals surface area contributed by atoms with Crippen LogP contribution in [0.2, 0.25) is 0 Å². The molecule has 0 saturated carbocycles. The first-order valence-corrected chi connectivity index (χ1v) is 9.06. The minimum atomic E-state index is -3.44. The third-order valence-corrected chi connectivity index (χ3v) is 4.38. The Labute approximate surface area is 173 Å². The number of aliphatic hydroxyl groups is 1. The lowest BCUT2D eigenvalue weighted by Gasteiger charge is -2.17. The van der Waals surface area contributed by atoms with Crippen molar-refractivity contribution >= 4 is 5.91 Å². The van der Waals surface area contributed by atoms with Gasteiger partial charge in [0.2, 0.25) is 6.30 Å². The SMILES string of the molecule is Cc1ccc(-c2cc(C(=O)NC(F)[C@@H](O)C(F)F)c(=O)n(-c3cccc(F)c3)n2)cc1. The van der Waals surface area contributed by atoms with Crippen LogP contribution in [0, 0.1) is 12.7 Å². The van der Waals surface area contributed by atoms with Crippen molar-refractivity contribution in [1.29, 1.82) is 0 Å². The molecule has 0 spiro atoms. The van der Waals surface area contributed by atoms with Gasteiger partial charge in [-0.1, -0.05) is 35.9 Å². The number of halogens is 4. The van der Waals surface area contributed by atoms with Gasteiger partial charge in [0, 0.05) is 5.56 Å². The van der Waals surface area contributed by atoms with Gasteiger partial charge in [-0.15, -0.1) is 0 Å². The third kappa shape index (κ3) is 4.97. The fourth-order valence-electron chi connectivity index (χ4n) is 2.72. The number of benzene rings is 2. The van der Waals surface area contributed by atoms with Crippen molar-refractivity contribution in [1.82, 2.24) is 15.1 Å². The summed E-state index contributed by atoms with van der Waals surface area (Å²) < 4.78 is 53.3. The van der Waals surface area contributed by atoms with E-state index in [1.54, 1.807) is 29.6 Å². The van der Waals surface area contributed by atoms with Gasteiger partial charge >= 0.3 is 0 Å². The number of hydrogen-bond donors (Lipinski definition) is 2. The van der Waals surface area contributed by atoms with Crippen molar-refractivity contribution in [3.63, 3.8) is 0 Å². The Kier molecular flexibility index (Phi) is 6.50. The van der Waals surface area contributed by atoms with E-state index in [0.717, 1.165) is 28.4 Å². The molecule has 0 aliphatic carbocycles. The van der Waals surface area contributed by atoms with Crippen molar-refractivity contribution in [2.24, 2.45) is 0 Å². The van der Waals surface area contributed by atoms with E-state index in [1.165, 1.54) is 12.1 Å². The smallest absolute Gasteiger partial charge is 0.284 e. The molecule has 31 heavy (non-hydrogen) atoms. The number of carbonyl (C=O) groups is 1. The highest BCUT2D eigenvalue weighted by molar-refractivity contribution is 5.95. The standard InChI is InChI=1S/C21H17F4N3O3/c1-11-5-7-12(8-6-11)16-10-15(20(30)26-19(25)17(29)18(23)24)21(31)28(27-16)14-4-2-3-13(22)9-14/h2-10,17-19,29H,1H3,(H,26,30)/t17-,19?/m0/s1. The molecule has 0 bridgehead atoms. The second-order valence-corrected chi connectivity index (χ2v) is 6.71. The first kappa shape index (κ1) is 22.2. The number of aliphatic hydroxyl groups excluding tert-OH is 1. The number of alkyl halides is 3. The quantitative estimate of drug-likeness (QED) is 0.461. The number of aromatic nitrogens is 2. The van der Waals surface area contributed by atoms with Gasteiger partial charge in [-0.2, -0.15) is 9.78 Å². The molecular formula is C21H17F4N3O3. The van der Waals surface area contributed by atoms with Gasteiger partial charge in [0.1, 0.15) is 11.4 Å². The zero-order valence-electron chi connectivity index (χ0n) is 16.1. The lowest BCUT2D eigenvalue weighted by molar-refractivity contribution is -0.0551. The fourth-order valence-corrected chi connectivity index (χ4v) is 2.72. The van der Waals surface area contributed by atoms with Crippen LogP contribution < -0.4 is 10.9 Å². The van der Waals surface area contributed by atoms with Gasteiger partial charge < -0.3 is 10.4 Å². The molecule has 0 fully saturated rings. The Morgan fingerprint density at radius 1 is 1.10 bits per heavy atom. The van der Waals surface area contributed by atoms with E-state index in [4.69, 9.17) is 5.11 Å². The molecular weight excluding hydrogens is 418 g/mol. The summed E-state index contributed by atoms with van der Waals surface area (Å²) in [6.45, 7) is 1.85. The molecule has 2 atom stereocenters. The van der Waals surface area contributed by atoms with Crippen LogP contribution in [0.1, 0.15) is 15.9 Å². The molecule has 0 saturated heterocycles. The maximum absolute atomic E-state index is 13.8. The predicted octanol–water partition coefficient (Wildman–Crippen LogP) is 3.00. The average Bonchev–Trinajstić information content (AvgIpc) is 2.73.